The minimum Gasteiger partial charge on any atom is -0.349 e. The van der Waals surface area contributed by atoms with E-state index >= 15 is 0 Å². The minimum atomic E-state index is 0.477. The van der Waals surface area contributed by atoms with Gasteiger partial charge in [0, 0.05) is 26.4 Å². The molecular formula is C12H18N6OS. The van der Waals surface area contributed by atoms with Crippen LogP contribution in [-0.4, -0.2) is 40.1 Å². The maximum absolute atomic E-state index is 4.93. The molecule has 0 aromatic carbocycles. The van der Waals surface area contributed by atoms with Gasteiger partial charge in [0.1, 0.15) is 0 Å². The summed E-state index contributed by atoms with van der Waals surface area (Å²) in [6.45, 7) is 4.95. The minimum absolute atomic E-state index is 0.477. The van der Waals surface area contributed by atoms with Gasteiger partial charge in [-0.3, -0.25) is 4.99 Å². The number of guanidine groups is 1. The predicted octanol–water partition coefficient (Wildman–Crippen LogP) is 1.35. The van der Waals surface area contributed by atoms with Crippen LogP contribution in [0.25, 0.3) is 0 Å². The van der Waals surface area contributed by atoms with Gasteiger partial charge in [0.2, 0.25) is 5.89 Å². The lowest BCUT2D eigenvalue weighted by Crippen LogP contribution is -2.38. The third-order valence-electron chi connectivity index (χ3n) is 2.61. The fourth-order valence-corrected chi connectivity index (χ4v) is 2.36. The van der Waals surface area contributed by atoms with Crippen molar-refractivity contribution in [2.45, 2.75) is 26.9 Å². The highest BCUT2D eigenvalue weighted by Crippen LogP contribution is 2.09. The van der Waals surface area contributed by atoms with Crippen molar-refractivity contribution in [2.75, 3.05) is 14.1 Å². The molecule has 0 spiro atoms. The van der Waals surface area contributed by atoms with E-state index in [1.54, 1.807) is 25.3 Å². The summed E-state index contributed by atoms with van der Waals surface area (Å²) in [5.74, 6) is 1.93. The number of hydrogen-bond donors (Lipinski definition) is 1. The van der Waals surface area contributed by atoms with E-state index in [0.717, 1.165) is 16.7 Å². The number of nitrogens with zero attached hydrogens (tertiary/aromatic N) is 5. The first-order valence-corrected chi connectivity index (χ1v) is 7.08. The van der Waals surface area contributed by atoms with Crippen LogP contribution >= 0.6 is 11.3 Å². The Labute approximate surface area is 121 Å². The van der Waals surface area contributed by atoms with Gasteiger partial charge in [-0.25, -0.2) is 4.98 Å². The smallest absolute Gasteiger partial charge is 0.223 e. The summed E-state index contributed by atoms with van der Waals surface area (Å²) in [4.78, 5) is 14.8. The zero-order valence-electron chi connectivity index (χ0n) is 12.0. The average Bonchev–Trinajstić information content (AvgIpc) is 2.99. The molecule has 0 amide bonds. The van der Waals surface area contributed by atoms with Crippen LogP contribution in [0.5, 0.6) is 0 Å². The molecule has 0 fully saturated rings. The van der Waals surface area contributed by atoms with E-state index in [-0.39, 0.29) is 0 Å². The molecular weight excluding hydrogens is 276 g/mol. The molecule has 1 N–H and O–H groups in total. The van der Waals surface area contributed by atoms with Gasteiger partial charge in [-0.05, 0) is 6.92 Å². The van der Waals surface area contributed by atoms with Gasteiger partial charge in [-0.15, -0.1) is 11.3 Å². The maximum Gasteiger partial charge on any atom is 0.223 e. The number of thiazole rings is 1. The van der Waals surface area contributed by atoms with Crippen LogP contribution in [0.2, 0.25) is 0 Å². The van der Waals surface area contributed by atoms with E-state index < -0.39 is 0 Å². The Morgan fingerprint density at radius 1 is 1.45 bits per heavy atom. The van der Waals surface area contributed by atoms with Gasteiger partial charge in [-0.1, -0.05) is 5.16 Å². The summed E-state index contributed by atoms with van der Waals surface area (Å²) >= 11 is 1.65. The molecule has 2 aromatic heterocycles. The molecule has 0 unspecified atom stereocenters. The molecule has 0 aliphatic carbocycles. The molecule has 0 saturated heterocycles. The van der Waals surface area contributed by atoms with Crippen molar-refractivity contribution in [3.63, 3.8) is 0 Å². The zero-order chi connectivity index (χ0) is 14.5. The van der Waals surface area contributed by atoms with E-state index in [2.05, 4.69) is 30.8 Å². The molecule has 0 aliphatic heterocycles. The topological polar surface area (TPSA) is 79.4 Å². The molecule has 0 radical (unpaired) electrons. The molecule has 2 aromatic rings. The van der Waals surface area contributed by atoms with E-state index in [0.29, 0.717) is 24.8 Å². The second-order valence-corrected chi connectivity index (χ2v) is 5.41. The van der Waals surface area contributed by atoms with Gasteiger partial charge < -0.3 is 14.7 Å². The van der Waals surface area contributed by atoms with Crippen LogP contribution in [0.3, 0.4) is 0 Å². The Morgan fingerprint density at radius 3 is 2.80 bits per heavy atom. The summed E-state index contributed by atoms with van der Waals surface area (Å²) in [5.41, 5.74) is 1.04. The van der Waals surface area contributed by atoms with Crippen molar-refractivity contribution in [2.24, 2.45) is 4.99 Å². The van der Waals surface area contributed by atoms with E-state index in [4.69, 9.17) is 4.52 Å². The molecule has 7 nitrogen and oxygen atoms in total. The van der Waals surface area contributed by atoms with E-state index in [9.17, 15) is 0 Å². The normalized spacial score (nSPS) is 11.7. The average molecular weight is 294 g/mol. The van der Waals surface area contributed by atoms with Crippen LogP contribution in [0.15, 0.2) is 14.9 Å². The Balaban J connectivity index is 1.90. The summed E-state index contributed by atoms with van der Waals surface area (Å²) in [7, 11) is 3.71. The quantitative estimate of drug-likeness (QED) is 0.677. The van der Waals surface area contributed by atoms with Crippen molar-refractivity contribution in [1.82, 2.24) is 25.3 Å². The van der Waals surface area contributed by atoms with Crippen molar-refractivity contribution in [3.05, 3.63) is 27.8 Å². The third-order valence-corrected chi connectivity index (χ3v) is 3.44. The fraction of sp³-hybridized carbons (Fsp3) is 0.500. The molecule has 2 rings (SSSR count). The first-order valence-electron chi connectivity index (χ1n) is 6.20. The molecule has 20 heavy (non-hydrogen) atoms. The van der Waals surface area contributed by atoms with Crippen LogP contribution in [0.4, 0.5) is 0 Å². The molecule has 0 aliphatic rings. The van der Waals surface area contributed by atoms with Gasteiger partial charge in [0.05, 0.1) is 23.8 Å². The van der Waals surface area contributed by atoms with Crippen LogP contribution < -0.4 is 5.32 Å². The second-order valence-electron chi connectivity index (χ2n) is 4.34. The van der Waals surface area contributed by atoms with Crippen molar-refractivity contribution in [3.8, 4) is 0 Å². The fourth-order valence-electron chi connectivity index (χ4n) is 1.75. The van der Waals surface area contributed by atoms with Gasteiger partial charge >= 0.3 is 0 Å². The Hall–Kier alpha value is -1.96. The number of aromatic nitrogens is 3. The predicted molar refractivity (Wildman–Crippen MR) is 77.6 cm³/mol. The van der Waals surface area contributed by atoms with Crippen LogP contribution in [-0.2, 0) is 13.1 Å². The van der Waals surface area contributed by atoms with Gasteiger partial charge in [0.25, 0.3) is 0 Å². The van der Waals surface area contributed by atoms with Gasteiger partial charge in [0.15, 0.2) is 11.8 Å². The lowest BCUT2D eigenvalue weighted by molar-refractivity contribution is 0.386. The van der Waals surface area contributed by atoms with Crippen molar-refractivity contribution < 1.29 is 4.52 Å². The standard InChI is InChI=1S/C12H18N6OS/c1-8-15-11(17-19-8)5-14-12(13-3)18(4)6-10-7-20-9(2)16-10/h7H,5-6H2,1-4H3,(H,13,14). The number of hydrogen-bond acceptors (Lipinski definition) is 6. The first-order chi connectivity index (χ1) is 9.58. The second kappa shape index (κ2) is 6.47. The molecule has 0 saturated carbocycles. The lowest BCUT2D eigenvalue weighted by Gasteiger charge is -2.20. The zero-order valence-corrected chi connectivity index (χ0v) is 12.9. The highest BCUT2D eigenvalue weighted by Gasteiger charge is 2.10. The Morgan fingerprint density at radius 2 is 2.25 bits per heavy atom. The maximum atomic E-state index is 4.93. The van der Waals surface area contributed by atoms with E-state index in [1.165, 1.54) is 0 Å². The highest BCUT2D eigenvalue weighted by molar-refractivity contribution is 7.09. The SMILES string of the molecule is CN=C(NCc1noc(C)n1)N(C)Cc1csc(C)n1. The molecule has 2 heterocycles. The third kappa shape index (κ3) is 3.77. The largest absolute Gasteiger partial charge is 0.349 e. The number of aryl methyl sites for hydroxylation is 2. The molecule has 8 heteroatoms. The lowest BCUT2D eigenvalue weighted by atomic mass is 10.4. The van der Waals surface area contributed by atoms with Gasteiger partial charge in [-0.2, -0.15) is 4.98 Å². The number of rotatable bonds is 4. The Bertz CT molecular complexity index is 590. The number of aliphatic imine (C=N–C) groups is 1. The van der Waals surface area contributed by atoms with Crippen LogP contribution in [0, 0.1) is 13.8 Å². The first kappa shape index (κ1) is 14.4. The van der Waals surface area contributed by atoms with Crippen molar-refractivity contribution >= 4 is 17.3 Å². The summed E-state index contributed by atoms with van der Waals surface area (Å²) in [5, 5.41) is 10.2. The summed E-state index contributed by atoms with van der Waals surface area (Å²) < 4.78 is 4.93. The monoisotopic (exact) mass is 294 g/mol. The molecule has 108 valence electrons. The van der Waals surface area contributed by atoms with Crippen LogP contribution in [0.1, 0.15) is 22.4 Å². The molecule has 0 atom stereocenters. The Kier molecular flexibility index (Phi) is 4.67. The van der Waals surface area contributed by atoms with Crippen molar-refractivity contribution in [1.29, 1.82) is 0 Å². The number of nitrogens with one attached hydrogen (secondary N) is 1. The summed E-state index contributed by atoms with van der Waals surface area (Å²) in [6, 6.07) is 0. The van der Waals surface area contributed by atoms with E-state index in [1.807, 2.05) is 18.9 Å². The molecule has 0 bridgehead atoms. The summed E-state index contributed by atoms with van der Waals surface area (Å²) in [6.07, 6.45) is 0. The highest BCUT2D eigenvalue weighted by atomic mass is 32.1.